The predicted octanol–water partition coefficient (Wildman–Crippen LogP) is 0.745. The van der Waals surface area contributed by atoms with Crippen molar-refractivity contribution in [3.63, 3.8) is 0 Å². The molecule has 2 heterocycles. The summed E-state index contributed by atoms with van der Waals surface area (Å²) in [5, 5.41) is 3.76. The van der Waals surface area contributed by atoms with Gasteiger partial charge in [0.25, 0.3) is 0 Å². The molecule has 0 saturated carbocycles. The first-order chi connectivity index (χ1) is 5.86. The minimum atomic E-state index is -0.114. The van der Waals surface area contributed by atoms with Gasteiger partial charge in [0.1, 0.15) is 6.10 Å². The lowest BCUT2D eigenvalue weighted by atomic mass is 10.3. The Balaban J connectivity index is 1.74. The second kappa shape index (κ2) is 3.77. The highest BCUT2D eigenvalue weighted by Crippen LogP contribution is 2.24. The van der Waals surface area contributed by atoms with Gasteiger partial charge in [-0.2, -0.15) is 0 Å². The van der Waals surface area contributed by atoms with Gasteiger partial charge >= 0.3 is 0 Å². The zero-order chi connectivity index (χ0) is 8.39. The fraction of sp³-hybridized carbons (Fsp3) is 0.875. The molecule has 2 rings (SSSR count). The van der Waals surface area contributed by atoms with E-state index in [2.05, 4.69) is 5.32 Å². The van der Waals surface area contributed by atoms with Gasteiger partial charge in [0, 0.05) is 6.61 Å². The van der Waals surface area contributed by atoms with Gasteiger partial charge in [-0.1, -0.05) is 11.8 Å². The lowest BCUT2D eigenvalue weighted by molar-refractivity contribution is -0.119. The summed E-state index contributed by atoms with van der Waals surface area (Å²) < 4.78 is 5.29. The van der Waals surface area contributed by atoms with Crippen molar-refractivity contribution in [1.29, 1.82) is 0 Å². The van der Waals surface area contributed by atoms with Crippen LogP contribution in [-0.2, 0) is 9.53 Å². The van der Waals surface area contributed by atoms with E-state index in [0.29, 0.717) is 5.37 Å². The highest BCUT2D eigenvalue weighted by molar-refractivity contribution is 8.14. The third-order valence-electron chi connectivity index (χ3n) is 2.23. The van der Waals surface area contributed by atoms with E-state index in [1.165, 1.54) is 11.8 Å². The largest absolute Gasteiger partial charge is 0.369 e. The van der Waals surface area contributed by atoms with Crippen molar-refractivity contribution in [3.8, 4) is 0 Å². The Morgan fingerprint density at radius 2 is 2.33 bits per heavy atom. The van der Waals surface area contributed by atoms with Gasteiger partial charge in [0.2, 0.25) is 5.12 Å². The van der Waals surface area contributed by atoms with E-state index < -0.39 is 0 Å². The van der Waals surface area contributed by atoms with E-state index in [4.69, 9.17) is 4.74 Å². The number of hydrogen-bond acceptors (Lipinski definition) is 4. The summed E-state index contributed by atoms with van der Waals surface area (Å²) >= 11 is 1.41. The third kappa shape index (κ3) is 1.81. The topological polar surface area (TPSA) is 38.3 Å². The summed E-state index contributed by atoms with van der Waals surface area (Å²) in [4.78, 5) is 11.4. The van der Waals surface area contributed by atoms with Crippen LogP contribution in [0.25, 0.3) is 0 Å². The van der Waals surface area contributed by atoms with Crippen LogP contribution in [0.4, 0.5) is 0 Å². The summed E-state index contributed by atoms with van der Waals surface area (Å²) in [5.74, 6) is 0. The first-order valence-corrected chi connectivity index (χ1v) is 5.30. The summed E-state index contributed by atoms with van der Waals surface area (Å²) in [6.45, 7) is 1.81. The third-order valence-corrected chi connectivity index (χ3v) is 3.41. The first kappa shape index (κ1) is 8.53. The number of carbonyl (C=O) groups excluding carboxylic acids is 1. The lowest BCUT2D eigenvalue weighted by Gasteiger charge is -2.26. The van der Waals surface area contributed by atoms with Crippen molar-refractivity contribution in [2.75, 3.05) is 13.2 Å². The first-order valence-electron chi connectivity index (χ1n) is 4.42. The molecule has 2 aliphatic heterocycles. The molecule has 3 nitrogen and oxygen atoms in total. The molecule has 2 saturated heterocycles. The fourth-order valence-electron chi connectivity index (χ4n) is 1.34. The van der Waals surface area contributed by atoms with Gasteiger partial charge in [-0.3, -0.25) is 4.79 Å². The maximum Gasteiger partial charge on any atom is 0.219 e. The molecule has 4 heteroatoms. The normalized spacial score (nSPS) is 34.7. The van der Waals surface area contributed by atoms with E-state index in [1.54, 1.807) is 0 Å². The number of thioether (sulfide) groups is 1. The Kier molecular flexibility index (Phi) is 2.68. The van der Waals surface area contributed by atoms with Gasteiger partial charge in [-0.05, 0) is 25.8 Å². The Morgan fingerprint density at radius 1 is 1.50 bits per heavy atom. The van der Waals surface area contributed by atoms with E-state index in [-0.39, 0.29) is 11.2 Å². The van der Waals surface area contributed by atoms with Crippen LogP contribution in [0.15, 0.2) is 0 Å². The molecule has 2 aliphatic rings. The second-order valence-electron chi connectivity index (χ2n) is 3.17. The summed E-state index contributed by atoms with van der Waals surface area (Å²) in [5.41, 5.74) is 0. The SMILES string of the molecule is O=C(SC1CCN1)[C@H]1CCCO1. The van der Waals surface area contributed by atoms with Crippen LogP contribution < -0.4 is 5.32 Å². The molecule has 68 valence electrons. The highest BCUT2D eigenvalue weighted by Gasteiger charge is 2.28. The molecular weight excluding hydrogens is 174 g/mol. The standard InChI is InChI=1S/C8H13NO2S/c10-8(6-2-1-5-11-6)12-7-3-4-9-7/h6-7,9H,1-5H2/t6-,7?/m1/s1. The Bertz CT molecular complexity index is 176. The van der Waals surface area contributed by atoms with Crippen LogP contribution >= 0.6 is 11.8 Å². The monoisotopic (exact) mass is 187 g/mol. The Morgan fingerprint density at radius 3 is 2.83 bits per heavy atom. The number of rotatable bonds is 2. The molecule has 12 heavy (non-hydrogen) atoms. The molecule has 0 aromatic rings. The van der Waals surface area contributed by atoms with Gasteiger partial charge in [0.15, 0.2) is 0 Å². The molecule has 0 aromatic heterocycles. The van der Waals surface area contributed by atoms with E-state index in [0.717, 1.165) is 32.4 Å². The summed E-state index contributed by atoms with van der Waals surface area (Å²) in [6, 6.07) is 0. The van der Waals surface area contributed by atoms with Gasteiger partial charge < -0.3 is 10.1 Å². The van der Waals surface area contributed by atoms with Crippen LogP contribution in [0.2, 0.25) is 0 Å². The molecule has 0 radical (unpaired) electrons. The molecule has 1 N–H and O–H groups in total. The molecular formula is C8H13NO2S. The molecule has 2 fully saturated rings. The van der Waals surface area contributed by atoms with Crippen molar-refractivity contribution in [2.45, 2.75) is 30.7 Å². The Labute approximate surface area is 76.2 Å². The second-order valence-corrected chi connectivity index (χ2v) is 4.38. The zero-order valence-corrected chi connectivity index (χ0v) is 7.73. The average molecular weight is 187 g/mol. The fourth-order valence-corrected chi connectivity index (χ4v) is 2.40. The van der Waals surface area contributed by atoms with Crippen LogP contribution in [-0.4, -0.2) is 29.7 Å². The predicted molar refractivity (Wildman–Crippen MR) is 48.0 cm³/mol. The van der Waals surface area contributed by atoms with E-state index >= 15 is 0 Å². The van der Waals surface area contributed by atoms with Crippen LogP contribution in [0.3, 0.4) is 0 Å². The van der Waals surface area contributed by atoms with E-state index in [1.807, 2.05) is 0 Å². The lowest BCUT2D eigenvalue weighted by Crippen LogP contribution is -2.41. The number of hydrogen-bond donors (Lipinski definition) is 1. The average Bonchev–Trinajstić information content (AvgIpc) is 2.47. The summed E-state index contributed by atoms with van der Waals surface area (Å²) in [7, 11) is 0. The molecule has 0 spiro atoms. The number of carbonyl (C=O) groups is 1. The quantitative estimate of drug-likeness (QED) is 0.692. The number of nitrogens with one attached hydrogen (secondary N) is 1. The van der Waals surface area contributed by atoms with Crippen molar-refractivity contribution in [2.24, 2.45) is 0 Å². The summed E-state index contributed by atoms with van der Waals surface area (Å²) in [6.07, 6.45) is 2.95. The van der Waals surface area contributed by atoms with Gasteiger partial charge in [0.05, 0.1) is 5.37 Å². The molecule has 1 unspecified atom stereocenters. The highest BCUT2D eigenvalue weighted by atomic mass is 32.2. The maximum absolute atomic E-state index is 11.4. The molecule has 0 aromatic carbocycles. The Hall–Kier alpha value is -0.0600. The van der Waals surface area contributed by atoms with Crippen molar-refractivity contribution >= 4 is 16.9 Å². The number of ether oxygens (including phenoxy) is 1. The minimum Gasteiger partial charge on any atom is -0.369 e. The van der Waals surface area contributed by atoms with Crippen LogP contribution in [0, 0.1) is 0 Å². The van der Waals surface area contributed by atoms with E-state index in [9.17, 15) is 4.79 Å². The van der Waals surface area contributed by atoms with Crippen LogP contribution in [0.1, 0.15) is 19.3 Å². The van der Waals surface area contributed by atoms with Gasteiger partial charge in [-0.25, -0.2) is 0 Å². The zero-order valence-electron chi connectivity index (χ0n) is 6.91. The molecule has 0 amide bonds. The molecule has 0 aliphatic carbocycles. The molecule has 2 atom stereocenters. The van der Waals surface area contributed by atoms with Crippen LogP contribution in [0.5, 0.6) is 0 Å². The smallest absolute Gasteiger partial charge is 0.219 e. The van der Waals surface area contributed by atoms with Crippen molar-refractivity contribution < 1.29 is 9.53 Å². The van der Waals surface area contributed by atoms with Crippen molar-refractivity contribution in [1.82, 2.24) is 5.32 Å². The molecule has 0 bridgehead atoms. The van der Waals surface area contributed by atoms with Gasteiger partial charge in [-0.15, -0.1) is 0 Å². The minimum absolute atomic E-state index is 0.114. The van der Waals surface area contributed by atoms with Crippen molar-refractivity contribution in [3.05, 3.63) is 0 Å². The maximum atomic E-state index is 11.4.